The van der Waals surface area contributed by atoms with Gasteiger partial charge in [-0.05, 0) is 12.1 Å². The lowest BCUT2D eigenvalue weighted by Crippen LogP contribution is -2.36. The number of methoxy groups -OCH3 is 2. The molecule has 1 saturated heterocycles. The van der Waals surface area contributed by atoms with Crippen molar-refractivity contribution in [3.05, 3.63) is 23.5 Å². The minimum Gasteiger partial charge on any atom is -0.494 e. The molecule has 0 radical (unpaired) electrons. The van der Waals surface area contributed by atoms with E-state index in [0.29, 0.717) is 0 Å². The van der Waals surface area contributed by atoms with Crippen molar-refractivity contribution < 1.29 is 14.2 Å². The van der Waals surface area contributed by atoms with Crippen LogP contribution in [0.25, 0.3) is 21.0 Å². The van der Waals surface area contributed by atoms with Crippen LogP contribution >= 0.6 is 11.3 Å². The number of rotatable bonds is 6. The van der Waals surface area contributed by atoms with Gasteiger partial charge in [-0.15, -0.1) is 11.3 Å². The highest BCUT2D eigenvalue weighted by molar-refractivity contribution is 7.22. The van der Waals surface area contributed by atoms with Gasteiger partial charge in [-0.3, -0.25) is 0 Å². The minimum absolute atomic E-state index is 0.755. The molecule has 1 N–H and O–H groups in total. The molecule has 3 aromatic rings. The summed E-state index contributed by atoms with van der Waals surface area (Å²) in [5, 5.41) is 0.915. The Morgan fingerprint density at radius 1 is 1.10 bits per heavy atom. The zero-order chi connectivity index (χ0) is 21.2. The Bertz CT molecular complexity index is 1020. The molecule has 31 heavy (non-hydrogen) atoms. The Morgan fingerprint density at radius 3 is 2.74 bits per heavy atom. The smallest absolute Gasteiger partial charge is 0.167 e. The number of benzene rings is 1. The van der Waals surface area contributed by atoms with Gasteiger partial charge in [-0.2, -0.15) is 0 Å². The first-order chi connectivity index (χ1) is 15.3. The van der Waals surface area contributed by atoms with Gasteiger partial charge >= 0.3 is 0 Å². The number of thiazole rings is 1. The first kappa shape index (κ1) is 20.7. The van der Waals surface area contributed by atoms with Crippen molar-refractivity contribution in [3.8, 4) is 16.6 Å². The van der Waals surface area contributed by atoms with Crippen LogP contribution in [0.2, 0.25) is 0 Å². The van der Waals surface area contributed by atoms with Crippen LogP contribution in [-0.2, 0) is 22.3 Å². The number of aromatic amines is 1. The Kier molecular flexibility index (Phi) is 6.08. The number of morpholine rings is 1. The van der Waals surface area contributed by atoms with Gasteiger partial charge in [0.25, 0.3) is 0 Å². The standard InChI is InChI=1S/C22H29N5O3S/c1-28-12-9-26-7-5-15-16(6-8-26)24-21(23-15)22-25-19-18(29-2)4-3-17(20(19)31-22)27-10-13-30-14-11-27/h3-4H,5-14H2,1-2H3,(H,23,24). The van der Waals surface area contributed by atoms with Crippen molar-refractivity contribution >= 4 is 27.2 Å². The number of anilines is 1. The van der Waals surface area contributed by atoms with Gasteiger partial charge in [0.2, 0.25) is 0 Å². The highest BCUT2D eigenvalue weighted by Gasteiger charge is 2.23. The predicted molar refractivity (Wildman–Crippen MR) is 123 cm³/mol. The van der Waals surface area contributed by atoms with Gasteiger partial charge in [0.05, 0.1) is 43.0 Å². The third-order valence-electron chi connectivity index (χ3n) is 6.08. The van der Waals surface area contributed by atoms with Crippen LogP contribution in [0.1, 0.15) is 11.4 Å². The van der Waals surface area contributed by atoms with Crippen LogP contribution in [0, 0.1) is 0 Å². The van der Waals surface area contributed by atoms with E-state index in [1.54, 1.807) is 25.6 Å². The van der Waals surface area contributed by atoms with Crippen LogP contribution in [-0.4, -0.2) is 86.6 Å². The zero-order valence-electron chi connectivity index (χ0n) is 18.1. The lowest BCUT2D eigenvalue weighted by atomic mass is 10.2. The lowest BCUT2D eigenvalue weighted by molar-refractivity contribution is 0.123. The predicted octanol–water partition coefficient (Wildman–Crippen LogP) is 2.58. The van der Waals surface area contributed by atoms with E-state index in [4.69, 9.17) is 24.2 Å². The van der Waals surface area contributed by atoms with E-state index in [1.165, 1.54) is 11.4 Å². The molecule has 0 saturated carbocycles. The van der Waals surface area contributed by atoms with Gasteiger partial charge < -0.3 is 29.0 Å². The Hall–Kier alpha value is -2.20. The molecule has 0 spiro atoms. The molecular weight excluding hydrogens is 414 g/mol. The molecule has 2 aliphatic heterocycles. The number of H-pyrrole nitrogens is 1. The quantitative estimate of drug-likeness (QED) is 0.628. The highest BCUT2D eigenvalue weighted by atomic mass is 32.1. The van der Waals surface area contributed by atoms with Crippen LogP contribution in [0.15, 0.2) is 12.1 Å². The van der Waals surface area contributed by atoms with Crippen molar-refractivity contribution in [1.82, 2.24) is 19.9 Å². The van der Waals surface area contributed by atoms with E-state index >= 15 is 0 Å². The molecule has 2 aromatic heterocycles. The second kappa shape index (κ2) is 9.12. The molecule has 0 bridgehead atoms. The van der Waals surface area contributed by atoms with Crippen molar-refractivity contribution in [2.24, 2.45) is 0 Å². The first-order valence-electron chi connectivity index (χ1n) is 10.9. The van der Waals surface area contributed by atoms with Crippen molar-refractivity contribution in [2.75, 3.05) is 71.7 Å². The third kappa shape index (κ3) is 4.15. The van der Waals surface area contributed by atoms with E-state index in [1.807, 2.05) is 6.07 Å². The molecule has 5 rings (SSSR count). The normalized spacial score (nSPS) is 17.7. The molecule has 166 valence electrons. The lowest BCUT2D eigenvalue weighted by Gasteiger charge is -2.29. The van der Waals surface area contributed by atoms with Crippen molar-refractivity contribution in [3.63, 3.8) is 0 Å². The minimum atomic E-state index is 0.755. The zero-order valence-corrected chi connectivity index (χ0v) is 19.0. The molecule has 2 aliphatic rings. The molecular formula is C22H29N5O3S. The van der Waals surface area contributed by atoms with Gasteiger partial charge in [-0.25, -0.2) is 9.97 Å². The molecule has 0 unspecified atom stereocenters. The van der Waals surface area contributed by atoms with E-state index < -0.39 is 0 Å². The van der Waals surface area contributed by atoms with E-state index in [0.717, 1.165) is 97.9 Å². The summed E-state index contributed by atoms with van der Waals surface area (Å²) in [6.07, 6.45) is 1.92. The summed E-state index contributed by atoms with van der Waals surface area (Å²) in [7, 11) is 3.46. The maximum absolute atomic E-state index is 5.62. The second-order valence-corrected chi connectivity index (χ2v) is 8.93. The molecule has 4 heterocycles. The van der Waals surface area contributed by atoms with E-state index in [2.05, 4.69) is 20.9 Å². The maximum Gasteiger partial charge on any atom is 0.167 e. The highest BCUT2D eigenvalue weighted by Crippen LogP contribution is 2.40. The fraction of sp³-hybridized carbons (Fsp3) is 0.545. The Balaban J connectivity index is 1.45. The van der Waals surface area contributed by atoms with Crippen molar-refractivity contribution in [1.29, 1.82) is 0 Å². The summed E-state index contributed by atoms with van der Waals surface area (Å²) in [4.78, 5) is 18.3. The van der Waals surface area contributed by atoms with Crippen molar-refractivity contribution in [2.45, 2.75) is 12.8 Å². The maximum atomic E-state index is 5.62. The summed E-state index contributed by atoms with van der Waals surface area (Å²) in [5.74, 6) is 1.67. The number of imidazole rings is 1. The van der Waals surface area contributed by atoms with Gasteiger partial charge in [0.1, 0.15) is 11.3 Å². The summed E-state index contributed by atoms with van der Waals surface area (Å²) in [6, 6.07) is 4.16. The first-order valence-corrected chi connectivity index (χ1v) is 11.7. The number of hydrogen-bond acceptors (Lipinski definition) is 8. The average molecular weight is 444 g/mol. The molecule has 1 aromatic carbocycles. The number of ether oxygens (including phenoxy) is 3. The fourth-order valence-electron chi connectivity index (χ4n) is 4.34. The molecule has 0 aliphatic carbocycles. The Labute approximate surface area is 186 Å². The average Bonchev–Trinajstić information content (AvgIpc) is 3.38. The van der Waals surface area contributed by atoms with Crippen LogP contribution < -0.4 is 9.64 Å². The van der Waals surface area contributed by atoms with E-state index in [9.17, 15) is 0 Å². The fourth-order valence-corrected chi connectivity index (χ4v) is 5.41. The largest absolute Gasteiger partial charge is 0.494 e. The molecule has 8 nitrogen and oxygen atoms in total. The number of aromatic nitrogens is 3. The topological polar surface area (TPSA) is 75.7 Å². The number of fused-ring (bicyclic) bond motifs is 2. The number of nitrogens with one attached hydrogen (secondary N) is 1. The van der Waals surface area contributed by atoms with Gasteiger partial charge in [0.15, 0.2) is 10.8 Å². The molecule has 0 amide bonds. The Morgan fingerprint density at radius 2 is 1.94 bits per heavy atom. The van der Waals surface area contributed by atoms with Crippen LogP contribution in [0.5, 0.6) is 5.75 Å². The summed E-state index contributed by atoms with van der Waals surface area (Å²) in [6.45, 7) is 7.06. The third-order valence-corrected chi connectivity index (χ3v) is 7.16. The second-order valence-electron chi connectivity index (χ2n) is 7.93. The monoisotopic (exact) mass is 443 g/mol. The number of nitrogens with zero attached hydrogens (tertiary/aromatic N) is 4. The molecule has 1 fully saturated rings. The number of hydrogen-bond donors (Lipinski definition) is 1. The molecule has 0 atom stereocenters. The SMILES string of the molecule is COCCN1CCc2nc(-c3nc4c(OC)ccc(N5CCOCC5)c4s3)[nH]c2CC1. The van der Waals surface area contributed by atoms with E-state index in [-0.39, 0.29) is 0 Å². The van der Waals surface area contributed by atoms with Gasteiger partial charge in [-0.1, -0.05) is 0 Å². The van der Waals surface area contributed by atoms with Gasteiger partial charge in [0, 0.05) is 58.4 Å². The van der Waals surface area contributed by atoms with Crippen LogP contribution in [0.3, 0.4) is 0 Å². The summed E-state index contributed by atoms with van der Waals surface area (Å²) >= 11 is 1.69. The molecule has 9 heteroatoms. The summed E-state index contributed by atoms with van der Waals surface area (Å²) in [5.41, 5.74) is 4.50. The van der Waals surface area contributed by atoms with Crippen LogP contribution in [0.4, 0.5) is 5.69 Å². The summed E-state index contributed by atoms with van der Waals surface area (Å²) < 4.78 is 17.5.